The third-order valence-electron chi connectivity index (χ3n) is 2.46. The van der Waals surface area contributed by atoms with Crippen LogP contribution in [-0.4, -0.2) is 9.30 Å². The summed E-state index contributed by atoms with van der Waals surface area (Å²) in [5, 5.41) is 9.72. The van der Waals surface area contributed by atoms with Gasteiger partial charge in [-0.25, -0.2) is 0 Å². The lowest BCUT2D eigenvalue weighted by atomic mass is 10.1. The number of halogens is 2. The van der Waals surface area contributed by atoms with Crippen LogP contribution in [-0.2, 0) is 11.4 Å². The molecule has 0 amide bonds. The van der Waals surface area contributed by atoms with E-state index in [4.69, 9.17) is 28.5 Å². The second-order valence-corrected chi connectivity index (χ2v) is 7.84. The molecule has 0 spiro atoms. The monoisotopic (exact) mass is 318 g/mol. The highest BCUT2D eigenvalue weighted by molar-refractivity contribution is 7.90. The van der Waals surface area contributed by atoms with Crippen LogP contribution in [0, 0.1) is 11.3 Å². The molecule has 0 aliphatic heterocycles. The average Bonchev–Trinajstić information content (AvgIpc) is 2.31. The third kappa shape index (κ3) is 4.55. The van der Waals surface area contributed by atoms with Crippen molar-refractivity contribution in [3.05, 3.63) is 33.8 Å². The topological polar surface area (TPSA) is 58.9 Å². The predicted molar refractivity (Wildman–Crippen MR) is 80.5 cm³/mol. The van der Waals surface area contributed by atoms with Gasteiger partial charge in [0.25, 0.3) is 0 Å². The van der Waals surface area contributed by atoms with E-state index >= 15 is 0 Å². The summed E-state index contributed by atoms with van der Waals surface area (Å²) >= 11 is 10.8. The van der Waals surface area contributed by atoms with Crippen molar-refractivity contribution >= 4 is 34.6 Å². The summed E-state index contributed by atoms with van der Waals surface area (Å²) in [6.07, 6.45) is 0.169. The van der Waals surface area contributed by atoms with Crippen LogP contribution in [0.15, 0.2) is 18.2 Å². The molecule has 0 radical (unpaired) electrons. The molecule has 1 aromatic rings. The van der Waals surface area contributed by atoms with Crippen LogP contribution < -0.4 is 4.72 Å². The van der Waals surface area contributed by atoms with E-state index in [1.165, 1.54) is 0 Å². The zero-order chi connectivity index (χ0) is 14.6. The Kier molecular flexibility index (Phi) is 5.97. The number of nitrogens with zero attached hydrogens (tertiary/aromatic N) is 1. The second-order valence-electron chi connectivity index (χ2n) is 5.06. The molecule has 0 aliphatic carbocycles. The summed E-state index contributed by atoms with van der Waals surface area (Å²) in [4.78, 5) is 0. The largest absolute Gasteiger partial charge is 0.598 e. The predicted octanol–water partition coefficient (Wildman–Crippen LogP) is 4.00. The minimum Gasteiger partial charge on any atom is -0.598 e. The fourth-order valence-electron chi connectivity index (χ4n) is 1.40. The molecule has 1 rings (SSSR count). The van der Waals surface area contributed by atoms with E-state index in [-0.39, 0.29) is 6.42 Å². The Morgan fingerprint density at radius 1 is 1.42 bits per heavy atom. The molecule has 104 valence electrons. The van der Waals surface area contributed by atoms with Crippen molar-refractivity contribution < 1.29 is 4.55 Å². The van der Waals surface area contributed by atoms with E-state index in [1.54, 1.807) is 18.2 Å². The van der Waals surface area contributed by atoms with Gasteiger partial charge in [0.15, 0.2) is 0 Å². The number of nitrogens with one attached hydrogen (secondary N) is 1. The zero-order valence-corrected chi connectivity index (χ0v) is 13.4. The lowest BCUT2D eigenvalue weighted by Crippen LogP contribution is -2.41. The molecule has 1 aromatic carbocycles. The fraction of sp³-hybridized carbons (Fsp3) is 0.462. The molecule has 6 heteroatoms. The minimum absolute atomic E-state index is 0.169. The molecule has 0 saturated heterocycles. The van der Waals surface area contributed by atoms with Crippen LogP contribution in [0.25, 0.3) is 0 Å². The number of rotatable bonds is 4. The first-order chi connectivity index (χ1) is 8.77. The van der Waals surface area contributed by atoms with Gasteiger partial charge in [0.1, 0.15) is 4.75 Å². The molecule has 2 atom stereocenters. The van der Waals surface area contributed by atoms with E-state index in [2.05, 4.69) is 10.8 Å². The lowest BCUT2D eigenvalue weighted by Gasteiger charge is -2.27. The molecule has 0 heterocycles. The highest BCUT2D eigenvalue weighted by atomic mass is 35.5. The van der Waals surface area contributed by atoms with Gasteiger partial charge >= 0.3 is 0 Å². The second kappa shape index (κ2) is 6.83. The number of nitriles is 1. The normalized spacial score (nSPS) is 14.8. The van der Waals surface area contributed by atoms with Crippen molar-refractivity contribution in [1.29, 1.82) is 5.26 Å². The van der Waals surface area contributed by atoms with E-state index in [0.29, 0.717) is 15.6 Å². The molecule has 1 N–H and O–H groups in total. The molecular weight excluding hydrogens is 303 g/mol. The Labute approximate surface area is 127 Å². The van der Waals surface area contributed by atoms with Crippen LogP contribution in [0.3, 0.4) is 0 Å². The smallest absolute Gasteiger partial charge is 0.136 e. The Hall–Kier alpha value is -0.440. The van der Waals surface area contributed by atoms with Gasteiger partial charge in [0.2, 0.25) is 0 Å². The van der Waals surface area contributed by atoms with E-state index in [1.807, 2.05) is 20.8 Å². The van der Waals surface area contributed by atoms with Crippen LogP contribution in [0.5, 0.6) is 0 Å². The van der Waals surface area contributed by atoms with Crippen molar-refractivity contribution in [3.8, 4) is 6.07 Å². The van der Waals surface area contributed by atoms with Gasteiger partial charge in [0, 0.05) is 11.4 Å². The Balaban J connectivity index is 3.02. The maximum Gasteiger partial charge on any atom is 0.136 e. The first-order valence-electron chi connectivity index (χ1n) is 5.76. The van der Waals surface area contributed by atoms with Crippen LogP contribution >= 0.6 is 23.2 Å². The molecule has 3 nitrogen and oxygen atoms in total. The van der Waals surface area contributed by atoms with Gasteiger partial charge < -0.3 is 4.55 Å². The zero-order valence-electron chi connectivity index (χ0n) is 11.0. The maximum absolute atomic E-state index is 12.1. The average molecular weight is 319 g/mol. The molecule has 0 aromatic heterocycles. The Morgan fingerprint density at radius 3 is 2.58 bits per heavy atom. The molecule has 0 bridgehead atoms. The summed E-state index contributed by atoms with van der Waals surface area (Å²) in [5.74, 6) is 0. The van der Waals surface area contributed by atoms with Crippen LogP contribution in [0.4, 0.5) is 0 Å². The minimum atomic E-state index is -1.29. The van der Waals surface area contributed by atoms with Gasteiger partial charge in [-0.05, 0) is 32.4 Å². The molecule has 19 heavy (non-hydrogen) atoms. The van der Waals surface area contributed by atoms with Gasteiger partial charge in [-0.1, -0.05) is 35.3 Å². The molecule has 0 saturated carbocycles. The SMILES string of the molecule is CC(C)(C)[S@@+]([O-])N[C@H](CC#N)c1cccc(Cl)c1Cl. The van der Waals surface area contributed by atoms with Crippen molar-refractivity contribution in [3.63, 3.8) is 0 Å². The van der Waals surface area contributed by atoms with E-state index in [0.717, 1.165) is 0 Å². The molecule has 0 unspecified atom stereocenters. The summed E-state index contributed by atoms with van der Waals surface area (Å²) in [7, 11) is 0. The number of benzene rings is 1. The van der Waals surface area contributed by atoms with E-state index < -0.39 is 22.2 Å². The van der Waals surface area contributed by atoms with Gasteiger partial charge in [-0.15, -0.1) is 4.72 Å². The highest BCUT2D eigenvalue weighted by Gasteiger charge is 2.30. The summed E-state index contributed by atoms with van der Waals surface area (Å²) in [6, 6.07) is 6.88. The maximum atomic E-state index is 12.1. The number of hydrogen-bond acceptors (Lipinski definition) is 3. The highest BCUT2D eigenvalue weighted by Crippen LogP contribution is 2.32. The Bertz CT molecular complexity index is 483. The van der Waals surface area contributed by atoms with E-state index in [9.17, 15) is 4.55 Å². The number of hydrogen-bond donors (Lipinski definition) is 1. The van der Waals surface area contributed by atoms with Gasteiger partial charge in [-0.2, -0.15) is 5.26 Å². The van der Waals surface area contributed by atoms with Crippen LogP contribution in [0.2, 0.25) is 10.0 Å². The van der Waals surface area contributed by atoms with Crippen molar-refractivity contribution in [1.82, 2.24) is 4.72 Å². The molecular formula is C13H16Cl2N2OS. The lowest BCUT2D eigenvalue weighted by molar-refractivity contribution is 0.525. The van der Waals surface area contributed by atoms with Crippen molar-refractivity contribution in [2.45, 2.75) is 38.0 Å². The standard InChI is InChI=1S/C13H16Cl2N2OS/c1-13(2,3)19(18)17-11(7-8-16)9-5-4-6-10(14)12(9)15/h4-6,11,17H,7H2,1-3H3/t11-,19-/m1/s1. The van der Waals surface area contributed by atoms with Crippen molar-refractivity contribution in [2.75, 3.05) is 0 Å². The Morgan fingerprint density at radius 2 is 2.05 bits per heavy atom. The fourth-order valence-corrected chi connectivity index (χ4v) is 2.66. The summed E-state index contributed by atoms with van der Waals surface area (Å²) in [6.45, 7) is 5.58. The molecule has 0 fully saturated rings. The van der Waals surface area contributed by atoms with Gasteiger partial charge in [-0.3, -0.25) is 0 Å². The van der Waals surface area contributed by atoms with Crippen molar-refractivity contribution in [2.24, 2.45) is 0 Å². The summed E-state index contributed by atoms with van der Waals surface area (Å²) in [5.41, 5.74) is 0.688. The third-order valence-corrected chi connectivity index (χ3v) is 4.90. The van der Waals surface area contributed by atoms with Crippen LogP contribution in [0.1, 0.15) is 38.8 Å². The molecule has 0 aliphatic rings. The first-order valence-corrected chi connectivity index (χ1v) is 7.67. The first kappa shape index (κ1) is 16.6. The van der Waals surface area contributed by atoms with Gasteiger partial charge in [0.05, 0.1) is 28.6 Å². The quantitative estimate of drug-likeness (QED) is 0.853. The summed E-state index contributed by atoms with van der Waals surface area (Å²) < 4.78 is 14.7.